The fourth-order valence-corrected chi connectivity index (χ4v) is 8.12. The van der Waals surface area contributed by atoms with E-state index in [-0.39, 0.29) is 0 Å². The molecule has 56 heavy (non-hydrogen) atoms. The largest absolute Gasteiger partial charge is 0.310 e. The molecule has 0 aliphatic rings. The van der Waals surface area contributed by atoms with Crippen LogP contribution in [-0.2, 0) is 0 Å². The summed E-state index contributed by atoms with van der Waals surface area (Å²) >= 11 is 0. The van der Waals surface area contributed by atoms with E-state index in [1.807, 2.05) is 0 Å². The van der Waals surface area contributed by atoms with Crippen LogP contribution in [0.2, 0.25) is 0 Å². The number of hydrogen-bond acceptors (Lipinski definition) is 1. The molecule has 0 aliphatic carbocycles. The number of aromatic nitrogens is 1. The van der Waals surface area contributed by atoms with Gasteiger partial charge < -0.3 is 9.47 Å². The normalized spacial score (nSPS) is 11.2. The molecular formula is C54H38N2. The molecule has 1 heterocycles. The van der Waals surface area contributed by atoms with E-state index < -0.39 is 0 Å². The zero-order valence-electron chi connectivity index (χ0n) is 30.8. The lowest BCUT2D eigenvalue weighted by atomic mass is 9.94. The van der Waals surface area contributed by atoms with Crippen LogP contribution in [0, 0.1) is 0 Å². The summed E-state index contributed by atoms with van der Waals surface area (Å²) in [7, 11) is 0. The summed E-state index contributed by atoms with van der Waals surface area (Å²) in [5, 5.41) is 2.53. The summed E-state index contributed by atoms with van der Waals surface area (Å²) in [6, 6.07) is 83.0. The molecule has 0 aliphatic heterocycles. The predicted molar refractivity (Wildman–Crippen MR) is 237 cm³/mol. The number of anilines is 3. The molecule has 2 nitrogen and oxygen atoms in total. The van der Waals surface area contributed by atoms with Crippen LogP contribution >= 0.6 is 0 Å². The Kier molecular flexibility index (Phi) is 8.55. The molecule has 0 radical (unpaired) electrons. The van der Waals surface area contributed by atoms with Crippen LogP contribution in [0.3, 0.4) is 0 Å². The van der Waals surface area contributed by atoms with Crippen LogP contribution in [-0.4, -0.2) is 4.57 Å². The van der Waals surface area contributed by atoms with E-state index in [9.17, 15) is 0 Å². The van der Waals surface area contributed by atoms with Crippen molar-refractivity contribution < 1.29 is 0 Å². The summed E-state index contributed by atoms with van der Waals surface area (Å²) in [4.78, 5) is 2.36. The molecule has 2 heteroatoms. The lowest BCUT2D eigenvalue weighted by Crippen LogP contribution is -2.10. The Balaban J connectivity index is 1.04. The van der Waals surface area contributed by atoms with Crippen LogP contribution in [0.25, 0.3) is 72.0 Å². The second-order valence-electron chi connectivity index (χ2n) is 14.2. The molecule has 0 N–H and O–H groups in total. The van der Waals surface area contributed by atoms with Crippen LogP contribution in [0.5, 0.6) is 0 Å². The Morgan fingerprint density at radius 3 is 1.30 bits per heavy atom. The quantitative estimate of drug-likeness (QED) is 0.152. The van der Waals surface area contributed by atoms with Gasteiger partial charge in [0.15, 0.2) is 0 Å². The zero-order chi connectivity index (χ0) is 37.3. The maximum absolute atomic E-state index is 2.38. The maximum Gasteiger partial charge on any atom is 0.0541 e. The van der Waals surface area contributed by atoms with Gasteiger partial charge in [0.2, 0.25) is 0 Å². The summed E-state index contributed by atoms with van der Waals surface area (Å²) < 4.78 is 2.38. The van der Waals surface area contributed by atoms with E-state index in [1.165, 1.54) is 66.3 Å². The highest BCUT2D eigenvalue weighted by atomic mass is 15.1. The fraction of sp³-hybridized carbons (Fsp3) is 0. The van der Waals surface area contributed by atoms with Gasteiger partial charge in [-0.3, -0.25) is 0 Å². The third-order valence-electron chi connectivity index (χ3n) is 10.8. The lowest BCUT2D eigenvalue weighted by molar-refractivity contribution is 1.18. The van der Waals surface area contributed by atoms with E-state index in [1.54, 1.807) is 0 Å². The molecule has 9 aromatic carbocycles. The van der Waals surface area contributed by atoms with Crippen molar-refractivity contribution in [3.05, 3.63) is 231 Å². The van der Waals surface area contributed by atoms with Crippen molar-refractivity contribution in [2.24, 2.45) is 0 Å². The number of rotatable bonds is 8. The third kappa shape index (κ3) is 6.14. The number of fused-ring (bicyclic) bond motifs is 3. The first-order chi connectivity index (χ1) is 27.8. The van der Waals surface area contributed by atoms with E-state index >= 15 is 0 Å². The number of para-hydroxylation sites is 2. The molecular weight excluding hydrogens is 677 g/mol. The monoisotopic (exact) mass is 714 g/mol. The summed E-state index contributed by atoms with van der Waals surface area (Å²) in [6.07, 6.45) is 0. The average molecular weight is 715 g/mol. The predicted octanol–water partition coefficient (Wildman–Crippen LogP) is 14.9. The number of nitrogens with zero attached hydrogens (tertiary/aromatic N) is 2. The molecule has 1 aromatic heterocycles. The van der Waals surface area contributed by atoms with Crippen molar-refractivity contribution in [2.75, 3.05) is 4.90 Å². The van der Waals surface area contributed by atoms with Crippen LogP contribution < -0.4 is 4.90 Å². The fourth-order valence-electron chi connectivity index (χ4n) is 8.12. The highest BCUT2D eigenvalue weighted by molar-refractivity contribution is 6.09. The molecule has 0 bridgehead atoms. The zero-order valence-corrected chi connectivity index (χ0v) is 30.8. The molecule has 0 spiro atoms. The van der Waals surface area contributed by atoms with Crippen molar-refractivity contribution in [2.45, 2.75) is 0 Å². The van der Waals surface area contributed by atoms with Crippen LogP contribution in [0.4, 0.5) is 17.1 Å². The topological polar surface area (TPSA) is 8.17 Å². The van der Waals surface area contributed by atoms with Gasteiger partial charge >= 0.3 is 0 Å². The number of benzene rings is 9. The first-order valence-electron chi connectivity index (χ1n) is 19.2. The van der Waals surface area contributed by atoms with Gasteiger partial charge in [0, 0.05) is 33.5 Å². The van der Waals surface area contributed by atoms with Gasteiger partial charge in [-0.05, 0) is 105 Å². The minimum atomic E-state index is 1.09. The van der Waals surface area contributed by atoms with Gasteiger partial charge in [-0.2, -0.15) is 0 Å². The van der Waals surface area contributed by atoms with Gasteiger partial charge in [0.1, 0.15) is 0 Å². The second kappa shape index (κ2) is 14.4. The molecule has 0 unspecified atom stereocenters. The number of hydrogen-bond donors (Lipinski definition) is 0. The maximum atomic E-state index is 2.38. The van der Waals surface area contributed by atoms with Gasteiger partial charge in [-0.15, -0.1) is 0 Å². The molecule has 10 rings (SSSR count). The van der Waals surface area contributed by atoms with Crippen molar-refractivity contribution in [3.63, 3.8) is 0 Å². The van der Waals surface area contributed by atoms with Crippen molar-refractivity contribution in [3.8, 4) is 50.2 Å². The Labute approximate surface area is 327 Å². The minimum Gasteiger partial charge on any atom is -0.310 e. The molecule has 0 amide bonds. The first kappa shape index (κ1) is 33.2. The van der Waals surface area contributed by atoms with Gasteiger partial charge in [0.25, 0.3) is 0 Å². The van der Waals surface area contributed by atoms with Crippen LogP contribution in [0.15, 0.2) is 231 Å². The molecule has 10 aromatic rings. The lowest BCUT2D eigenvalue weighted by Gasteiger charge is -2.26. The average Bonchev–Trinajstić information content (AvgIpc) is 3.62. The smallest absolute Gasteiger partial charge is 0.0541 e. The van der Waals surface area contributed by atoms with Gasteiger partial charge in [-0.25, -0.2) is 0 Å². The summed E-state index contributed by atoms with van der Waals surface area (Å²) in [5.74, 6) is 0. The van der Waals surface area contributed by atoms with Crippen molar-refractivity contribution >= 4 is 38.9 Å². The summed E-state index contributed by atoms with van der Waals surface area (Å²) in [5.41, 5.74) is 16.4. The second-order valence-corrected chi connectivity index (χ2v) is 14.2. The summed E-state index contributed by atoms with van der Waals surface area (Å²) in [6.45, 7) is 0. The highest BCUT2D eigenvalue weighted by Crippen LogP contribution is 2.40. The van der Waals surface area contributed by atoms with Crippen molar-refractivity contribution in [1.82, 2.24) is 4.57 Å². The molecule has 264 valence electrons. The third-order valence-corrected chi connectivity index (χ3v) is 10.8. The molecule has 0 saturated heterocycles. The Hall–Kier alpha value is -7.42. The SMILES string of the molecule is c1ccc(-c2cccc(N(c3ccc(-c4cccc(-n5c6ccccc6c6ccccc65)c4)cc3)c3ccc(-c4ccccc4-c4ccccc4)cc3)c2)cc1. The minimum absolute atomic E-state index is 1.09. The van der Waals surface area contributed by atoms with Gasteiger partial charge in [0.05, 0.1) is 11.0 Å². The molecule has 0 saturated carbocycles. The van der Waals surface area contributed by atoms with Crippen molar-refractivity contribution in [1.29, 1.82) is 0 Å². The Bertz CT molecular complexity index is 2890. The van der Waals surface area contributed by atoms with E-state index in [0.29, 0.717) is 0 Å². The van der Waals surface area contributed by atoms with E-state index in [4.69, 9.17) is 0 Å². The Morgan fingerprint density at radius 2 is 0.696 bits per heavy atom. The molecule has 0 fully saturated rings. The van der Waals surface area contributed by atoms with E-state index in [0.717, 1.165) is 22.7 Å². The standard InChI is InChI=1S/C54H38N2/c1-3-15-39(16-4-1)43-19-13-21-47(37-43)55(46-35-31-42(32-36-46)50-24-8-7-23-49(50)41-17-5-2-6-18-41)45-33-29-40(30-34-45)44-20-14-22-48(38-44)56-53-27-11-9-25-51(53)52-26-10-12-28-54(52)56/h1-38H. The van der Waals surface area contributed by atoms with E-state index in [2.05, 4.69) is 240 Å². The first-order valence-corrected chi connectivity index (χ1v) is 19.2. The molecule has 0 atom stereocenters. The van der Waals surface area contributed by atoms with Crippen LogP contribution in [0.1, 0.15) is 0 Å². The highest BCUT2D eigenvalue weighted by Gasteiger charge is 2.16. The van der Waals surface area contributed by atoms with Gasteiger partial charge in [-0.1, -0.05) is 170 Å². The Morgan fingerprint density at radius 1 is 0.268 bits per heavy atom.